The summed E-state index contributed by atoms with van der Waals surface area (Å²) in [4.78, 5) is 31.0. The number of aliphatic hydroxyl groups is 1. The van der Waals surface area contributed by atoms with Gasteiger partial charge in [0.05, 0.1) is 18.8 Å². The molecule has 0 aromatic carbocycles. The number of carbonyl (C=O) groups is 1. The summed E-state index contributed by atoms with van der Waals surface area (Å²) in [5.41, 5.74) is 0. The van der Waals surface area contributed by atoms with Crippen LogP contribution in [-0.2, 0) is 13.9 Å². The first kappa shape index (κ1) is 55.3. The normalized spacial score (nSPS) is 13.2. The molecule has 0 heterocycles. The average Bonchev–Trinajstić information content (AvgIpc) is 3.17. The maximum Gasteiger partial charge on any atom is 0.469 e. The predicted molar refractivity (Wildman–Crippen MR) is 241 cm³/mol. The van der Waals surface area contributed by atoms with Crippen LogP contribution in [0.3, 0.4) is 0 Å². The van der Waals surface area contributed by atoms with Gasteiger partial charge in [-0.15, -0.1) is 0 Å². The van der Waals surface area contributed by atoms with E-state index in [1.165, 1.54) is 212 Å². The highest BCUT2D eigenvalue weighted by Gasteiger charge is 2.24. The number of phosphoric acid groups is 1. The fourth-order valence-corrected chi connectivity index (χ4v) is 8.11. The highest BCUT2D eigenvalue weighted by molar-refractivity contribution is 7.46. The molecule has 0 radical (unpaired) electrons. The van der Waals surface area contributed by atoms with E-state index in [0.29, 0.717) is 6.42 Å². The third kappa shape index (κ3) is 44.4. The Labute approximate surface area is 348 Å². The number of nitrogens with one attached hydrogen (secondary N) is 1. The number of rotatable bonds is 46. The van der Waals surface area contributed by atoms with Crippen molar-refractivity contribution in [2.24, 2.45) is 0 Å². The Morgan fingerprint density at radius 3 is 1.09 bits per heavy atom. The van der Waals surface area contributed by atoms with Crippen molar-refractivity contribution in [1.29, 1.82) is 0 Å². The molecule has 0 saturated heterocycles. The summed E-state index contributed by atoms with van der Waals surface area (Å²) in [7, 11) is -4.71. The summed E-state index contributed by atoms with van der Waals surface area (Å²) in [6.45, 7) is 4.11. The Hall–Kier alpha value is -0.720. The van der Waals surface area contributed by atoms with E-state index in [1.807, 2.05) is 6.08 Å². The van der Waals surface area contributed by atoms with Crippen molar-refractivity contribution in [2.75, 3.05) is 6.61 Å². The molecule has 0 aromatic rings. The van der Waals surface area contributed by atoms with Crippen molar-refractivity contribution in [2.45, 2.75) is 283 Å². The second-order valence-electron chi connectivity index (χ2n) is 17.1. The van der Waals surface area contributed by atoms with E-state index in [2.05, 4.69) is 23.7 Å². The largest absolute Gasteiger partial charge is 0.469 e. The van der Waals surface area contributed by atoms with Gasteiger partial charge in [0.2, 0.25) is 5.91 Å². The number of carbonyl (C=O) groups excluding carboxylic acids is 1. The smallest absolute Gasteiger partial charge is 0.387 e. The van der Waals surface area contributed by atoms with Crippen LogP contribution in [0.1, 0.15) is 271 Å². The highest BCUT2D eigenvalue weighted by Crippen LogP contribution is 2.36. The molecule has 0 aromatic heterocycles. The zero-order chi connectivity index (χ0) is 41.1. The standard InChI is InChI=1S/C48H96NO6P/c1-3-5-7-9-11-13-15-17-19-21-22-23-24-25-26-27-28-30-32-34-36-38-40-42-44-48(51)49-46(45-55-56(52,53)54)47(50)43-41-39-37-35-33-31-29-20-18-16-14-12-10-8-6-4-2/h41,43,46-47,50H,3-40,42,44-45H2,1-2H3,(H,49,51)(H2,52,53,54)/b43-41+/t46-,47+/m0/s1. The molecule has 7 nitrogen and oxygen atoms in total. The van der Waals surface area contributed by atoms with Crippen molar-refractivity contribution in [3.8, 4) is 0 Å². The van der Waals surface area contributed by atoms with Crippen LogP contribution in [0.4, 0.5) is 0 Å². The fourth-order valence-electron chi connectivity index (χ4n) is 7.76. The number of aliphatic hydroxyl groups excluding tert-OH is 1. The lowest BCUT2D eigenvalue weighted by Gasteiger charge is -2.22. The van der Waals surface area contributed by atoms with Crippen LogP contribution in [0.2, 0.25) is 0 Å². The van der Waals surface area contributed by atoms with Crippen LogP contribution in [0.15, 0.2) is 12.2 Å². The number of allylic oxidation sites excluding steroid dienone is 1. The zero-order valence-electron chi connectivity index (χ0n) is 37.3. The van der Waals surface area contributed by atoms with Crippen LogP contribution in [0, 0.1) is 0 Å². The number of hydrogen-bond donors (Lipinski definition) is 4. The van der Waals surface area contributed by atoms with Gasteiger partial charge >= 0.3 is 7.82 Å². The third-order valence-corrected chi connectivity index (χ3v) is 12.0. The van der Waals surface area contributed by atoms with E-state index in [1.54, 1.807) is 6.08 Å². The summed E-state index contributed by atoms with van der Waals surface area (Å²) < 4.78 is 16.0. The summed E-state index contributed by atoms with van der Waals surface area (Å²) >= 11 is 0. The van der Waals surface area contributed by atoms with Crippen LogP contribution >= 0.6 is 7.82 Å². The van der Waals surface area contributed by atoms with Crippen LogP contribution in [-0.4, -0.2) is 39.6 Å². The van der Waals surface area contributed by atoms with Crippen LogP contribution < -0.4 is 5.32 Å². The lowest BCUT2D eigenvalue weighted by molar-refractivity contribution is -0.123. The van der Waals surface area contributed by atoms with Gasteiger partial charge < -0.3 is 20.2 Å². The summed E-state index contributed by atoms with van der Waals surface area (Å²) in [5, 5.41) is 13.4. The van der Waals surface area contributed by atoms with Gasteiger partial charge in [-0.25, -0.2) is 4.57 Å². The highest BCUT2D eigenvalue weighted by atomic mass is 31.2. The first-order chi connectivity index (χ1) is 27.3. The Morgan fingerprint density at radius 1 is 0.500 bits per heavy atom. The number of hydrogen-bond acceptors (Lipinski definition) is 4. The van der Waals surface area contributed by atoms with Crippen LogP contribution in [0.5, 0.6) is 0 Å². The maximum absolute atomic E-state index is 12.6. The van der Waals surface area contributed by atoms with Gasteiger partial charge in [0.15, 0.2) is 0 Å². The fraction of sp³-hybridized carbons (Fsp3) is 0.938. The van der Waals surface area contributed by atoms with Crippen molar-refractivity contribution < 1.29 is 28.8 Å². The molecule has 334 valence electrons. The van der Waals surface area contributed by atoms with Gasteiger partial charge in [0.1, 0.15) is 0 Å². The SMILES string of the molecule is CCCCCCCCCCCCCCCC/C=C/[C@@H](O)[C@H](COP(=O)(O)O)NC(=O)CCCCCCCCCCCCCCCCCCCCCCCCCC. The number of unbranched alkanes of at least 4 members (excludes halogenated alkanes) is 37. The summed E-state index contributed by atoms with van der Waals surface area (Å²) in [6.07, 6.45) is 53.9. The quantitative estimate of drug-likeness (QED) is 0.0276. The Balaban J connectivity index is 3.80. The molecule has 0 unspecified atom stereocenters. The van der Waals surface area contributed by atoms with E-state index in [9.17, 15) is 24.3 Å². The Morgan fingerprint density at radius 2 is 0.786 bits per heavy atom. The van der Waals surface area contributed by atoms with Crippen molar-refractivity contribution in [1.82, 2.24) is 5.32 Å². The molecule has 0 fully saturated rings. The van der Waals surface area contributed by atoms with Gasteiger partial charge in [-0.2, -0.15) is 0 Å². The summed E-state index contributed by atoms with van der Waals surface area (Å²) in [5.74, 6) is -0.220. The average molecular weight is 814 g/mol. The minimum Gasteiger partial charge on any atom is -0.387 e. The molecule has 4 N–H and O–H groups in total. The topological polar surface area (TPSA) is 116 Å². The molecule has 0 aliphatic heterocycles. The minimum absolute atomic E-state index is 0.220. The molecule has 2 atom stereocenters. The zero-order valence-corrected chi connectivity index (χ0v) is 38.2. The van der Waals surface area contributed by atoms with Gasteiger partial charge in [0, 0.05) is 6.42 Å². The van der Waals surface area contributed by atoms with E-state index in [4.69, 9.17) is 0 Å². The molecule has 1 amide bonds. The van der Waals surface area contributed by atoms with E-state index in [0.717, 1.165) is 38.5 Å². The molecule has 0 aliphatic rings. The van der Waals surface area contributed by atoms with Gasteiger partial charge in [-0.1, -0.05) is 257 Å². The third-order valence-electron chi connectivity index (χ3n) is 11.5. The maximum atomic E-state index is 12.6. The van der Waals surface area contributed by atoms with Gasteiger partial charge in [-0.05, 0) is 19.3 Å². The lowest BCUT2D eigenvalue weighted by Crippen LogP contribution is -2.45. The Kier molecular flexibility index (Phi) is 43.3. The molecule has 56 heavy (non-hydrogen) atoms. The predicted octanol–water partition coefficient (Wildman–Crippen LogP) is 15.1. The molecule has 8 heteroatoms. The molecule has 0 spiro atoms. The first-order valence-corrected chi connectivity index (χ1v) is 26.2. The lowest BCUT2D eigenvalue weighted by atomic mass is 10.0. The first-order valence-electron chi connectivity index (χ1n) is 24.6. The van der Waals surface area contributed by atoms with E-state index in [-0.39, 0.29) is 5.91 Å². The summed E-state index contributed by atoms with van der Waals surface area (Å²) in [6, 6.07) is -0.905. The molecular weight excluding hydrogens is 718 g/mol. The number of phosphoric ester groups is 1. The molecule has 0 aliphatic carbocycles. The molecular formula is C48H96NO6P. The van der Waals surface area contributed by atoms with E-state index >= 15 is 0 Å². The minimum atomic E-state index is -4.71. The Bertz CT molecular complexity index is 880. The van der Waals surface area contributed by atoms with Gasteiger partial charge in [-0.3, -0.25) is 9.32 Å². The van der Waals surface area contributed by atoms with Crippen molar-refractivity contribution in [3.05, 3.63) is 12.2 Å². The van der Waals surface area contributed by atoms with Crippen molar-refractivity contribution >= 4 is 13.7 Å². The molecule has 0 saturated carbocycles. The molecule has 0 bridgehead atoms. The van der Waals surface area contributed by atoms with E-state index < -0.39 is 26.6 Å². The number of amides is 1. The van der Waals surface area contributed by atoms with Crippen LogP contribution in [0.25, 0.3) is 0 Å². The molecule has 0 rings (SSSR count). The monoisotopic (exact) mass is 814 g/mol. The van der Waals surface area contributed by atoms with Crippen molar-refractivity contribution in [3.63, 3.8) is 0 Å². The van der Waals surface area contributed by atoms with Gasteiger partial charge in [0.25, 0.3) is 0 Å². The second kappa shape index (κ2) is 43.8. The second-order valence-corrected chi connectivity index (χ2v) is 18.4.